The monoisotopic (exact) mass is 443 g/mol. The summed E-state index contributed by atoms with van der Waals surface area (Å²) in [5.74, 6) is 0. The molecule has 91 valence electrons. The van der Waals surface area contributed by atoms with Crippen molar-refractivity contribution in [3.05, 3.63) is 71.3 Å². The molecule has 0 bridgehead atoms. The van der Waals surface area contributed by atoms with Gasteiger partial charge in [0.25, 0.3) is 0 Å². The van der Waals surface area contributed by atoms with E-state index < -0.39 is 0 Å². The molecule has 0 aliphatic heterocycles. The second kappa shape index (κ2) is 6.70. The Kier molecular flexibility index (Phi) is 5.84. The van der Waals surface area contributed by atoms with Crippen LogP contribution in [0, 0.1) is 0 Å². The van der Waals surface area contributed by atoms with Crippen molar-refractivity contribution in [3.8, 4) is 0 Å². The molecule has 2 aromatic carbocycles. The van der Waals surface area contributed by atoms with Gasteiger partial charge in [-0.05, 0) is 0 Å². The van der Waals surface area contributed by atoms with E-state index in [1.54, 1.807) is 0 Å². The number of halogens is 2. The maximum atomic E-state index is 2.35. The predicted molar refractivity (Wildman–Crippen MR) is 78.0 cm³/mol. The Morgan fingerprint density at radius 1 is 0.778 bits per heavy atom. The van der Waals surface area contributed by atoms with E-state index in [0.717, 1.165) is 0 Å². The summed E-state index contributed by atoms with van der Waals surface area (Å²) >= 11 is 1.18. The quantitative estimate of drug-likeness (QED) is 0.563. The van der Waals surface area contributed by atoms with Crippen LogP contribution in [0.4, 0.5) is 0 Å². The Bertz CT molecular complexity index is 549. The molecule has 1 atom stereocenters. The topological polar surface area (TPSA) is 0 Å². The van der Waals surface area contributed by atoms with Crippen molar-refractivity contribution in [2.24, 2.45) is 0 Å². The molecule has 0 nitrogen and oxygen atoms in total. The third-order valence-electron chi connectivity index (χ3n) is 3.04. The van der Waals surface area contributed by atoms with Crippen LogP contribution in [0.15, 0.2) is 54.6 Å². The molecule has 3 heteroatoms. The molecular formula is C15H13Cl2Hf. The molecule has 0 saturated carbocycles. The Hall–Kier alpha value is -0.370. The first kappa shape index (κ1) is 15.7. The van der Waals surface area contributed by atoms with Crippen LogP contribution < -0.4 is 0 Å². The molecule has 1 aliphatic rings. The molecule has 0 heterocycles. The van der Waals surface area contributed by atoms with Gasteiger partial charge in [-0.3, -0.25) is 0 Å². The van der Waals surface area contributed by atoms with E-state index >= 15 is 0 Å². The Morgan fingerprint density at radius 3 is 2.06 bits per heavy atom. The summed E-state index contributed by atoms with van der Waals surface area (Å²) in [5, 5.41) is 0. The number of rotatable bonds is 1. The van der Waals surface area contributed by atoms with Crippen molar-refractivity contribution in [2.75, 3.05) is 0 Å². The number of hydrogen-bond acceptors (Lipinski definition) is 0. The number of allylic oxidation sites excluding steroid dienone is 1. The van der Waals surface area contributed by atoms with E-state index in [4.69, 9.17) is 0 Å². The van der Waals surface area contributed by atoms with Gasteiger partial charge in [0.15, 0.2) is 0 Å². The molecule has 0 radical (unpaired) electrons. The van der Waals surface area contributed by atoms with E-state index in [2.05, 4.69) is 60.7 Å². The normalized spacial score (nSPS) is 15.9. The zero-order valence-electron chi connectivity index (χ0n) is 9.67. The maximum absolute atomic E-state index is 2.35. The molecule has 3 rings (SSSR count). The summed E-state index contributed by atoms with van der Waals surface area (Å²) in [7, 11) is 0. The first-order valence-corrected chi connectivity index (χ1v) is 7.51. The number of benzene rings is 2. The first-order valence-electron chi connectivity index (χ1n) is 5.43. The zero-order valence-corrected chi connectivity index (χ0v) is 14.9. The summed E-state index contributed by atoms with van der Waals surface area (Å²) < 4.78 is 0.651. The molecule has 0 saturated heterocycles. The molecule has 18 heavy (non-hydrogen) atoms. The van der Waals surface area contributed by atoms with E-state index in [1.165, 1.54) is 46.6 Å². The fraction of sp³-hybridized carbons (Fsp3) is 0.0667. The van der Waals surface area contributed by atoms with Crippen LogP contribution in [-0.4, -0.2) is 0 Å². The third kappa shape index (κ3) is 2.79. The van der Waals surface area contributed by atoms with Gasteiger partial charge in [-0.15, -0.1) is 24.8 Å². The SMILES string of the molecule is Cl.Cl.[Hf][C@@H]1C(c2ccccc2)=Cc2ccccc21. The molecule has 0 unspecified atom stereocenters. The standard InChI is InChI=1S/C15H11.2ClH.Hf/c1-2-6-12(7-3-1)15-10-13-8-4-5-9-14(13)11-15;;;/h1-11H;2*1H;. The Labute approximate surface area is 135 Å². The van der Waals surface area contributed by atoms with Crippen LogP contribution >= 0.6 is 24.8 Å². The summed E-state index contributed by atoms with van der Waals surface area (Å²) in [6.45, 7) is 0. The van der Waals surface area contributed by atoms with Crippen molar-refractivity contribution in [2.45, 2.75) is 3.67 Å². The fourth-order valence-electron chi connectivity index (χ4n) is 2.20. The molecule has 0 aromatic heterocycles. The fourth-order valence-corrected chi connectivity index (χ4v) is 4.05. The van der Waals surface area contributed by atoms with Crippen LogP contribution in [-0.2, 0) is 24.4 Å². The van der Waals surface area contributed by atoms with E-state index in [9.17, 15) is 0 Å². The minimum atomic E-state index is 0. The van der Waals surface area contributed by atoms with Gasteiger partial charge >= 0.3 is 111 Å². The van der Waals surface area contributed by atoms with Crippen LogP contribution in [0.3, 0.4) is 0 Å². The van der Waals surface area contributed by atoms with E-state index in [-0.39, 0.29) is 24.8 Å². The van der Waals surface area contributed by atoms with Crippen molar-refractivity contribution < 1.29 is 24.4 Å². The van der Waals surface area contributed by atoms with Crippen LogP contribution in [0.25, 0.3) is 11.6 Å². The molecule has 1 aliphatic carbocycles. The first-order chi connectivity index (χ1) is 7.86. The zero-order chi connectivity index (χ0) is 11.0. The van der Waals surface area contributed by atoms with Crippen LogP contribution in [0.1, 0.15) is 20.4 Å². The predicted octanol–water partition coefficient (Wildman–Crippen LogP) is 4.67. The van der Waals surface area contributed by atoms with Gasteiger partial charge in [-0.25, -0.2) is 0 Å². The van der Waals surface area contributed by atoms with E-state index in [1.807, 2.05) is 0 Å². The minimum absolute atomic E-state index is 0. The van der Waals surface area contributed by atoms with Gasteiger partial charge < -0.3 is 0 Å². The van der Waals surface area contributed by atoms with Crippen LogP contribution in [0.2, 0.25) is 0 Å². The summed E-state index contributed by atoms with van der Waals surface area (Å²) in [6.07, 6.45) is 2.35. The average molecular weight is 443 g/mol. The molecule has 0 N–H and O–H groups in total. The number of hydrogen-bond donors (Lipinski definition) is 0. The van der Waals surface area contributed by atoms with Crippen molar-refractivity contribution >= 4 is 36.5 Å². The van der Waals surface area contributed by atoms with Gasteiger partial charge in [0.05, 0.1) is 0 Å². The second-order valence-corrected chi connectivity index (χ2v) is 6.10. The average Bonchev–Trinajstić information content (AvgIpc) is 2.69. The van der Waals surface area contributed by atoms with Crippen molar-refractivity contribution in [1.29, 1.82) is 0 Å². The Morgan fingerprint density at radius 2 is 1.39 bits per heavy atom. The van der Waals surface area contributed by atoms with Gasteiger partial charge in [0.1, 0.15) is 0 Å². The van der Waals surface area contributed by atoms with Gasteiger partial charge in [0, 0.05) is 0 Å². The summed E-state index contributed by atoms with van der Waals surface area (Å²) in [5.41, 5.74) is 5.78. The van der Waals surface area contributed by atoms with Crippen molar-refractivity contribution in [3.63, 3.8) is 0 Å². The van der Waals surface area contributed by atoms with E-state index in [0.29, 0.717) is 3.67 Å². The molecule has 0 fully saturated rings. The Balaban J connectivity index is 0.000000810. The summed E-state index contributed by atoms with van der Waals surface area (Å²) in [6, 6.07) is 19.5. The molecule has 2 aromatic rings. The molecule has 0 amide bonds. The van der Waals surface area contributed by atoms with Gasteiger partial charge in [-0.2, -0.15) is 0 Å². The third-order valence-corrected chi connectivity index (χ3v) is 5.27. The molecule has 0 spiro atoms. The second-order valence-electron chi connectivity index (χ2n) is 4.03. The summed E-state index contributed by atoms with van der Waals surface area (Å²) in [4.78, 5) is 0. The van der Waals surface area contributed by atoms with Crippen molar-refractivity contribution in [1.82, 2.24) is 0 Å². The number of fused-ring (bicyclic) bond motifs is 1. The van der Waals surface area contributed by atoms with Crippen LogP contribution in [0.5, 0.6) is 0 Å². The van der Waals surface area contributed by atoms with Gasteiger partial charge in [-0.1, -0.05) is 0 Å². The van der Waals surface area contributed by atoms with Gasteiger partial charge in [0.2, 0.25) is 0 Å². The molecular weight excluding hydrogens is 430 g/mol.